The van der Waals surface area contributed by atoms with Gasteiger partial charge in [-0.1, -0.05) is 35.9 Å². The number of nitrogens with one attached hydrogen (secondary N) is 1. The Morgan fingerprint density at radius 2 is 1.94 bits per heavy atom. The van der Waals surface area contributed by atoms with Crippen LogP contribution in [-0.4, -0.2) is 22.0 Å². The lowest BCUT2D eigenvalue weighted by molar-refractivity contribution is -0.117. The fourth-order valence-corrected chi connectivity index (χ4v) is 3.89. The molecule has 1 aliphatic rings. The summed E-state index contributed by atoms with van der Waals surface area (Å²) < 4.78 is 26.8. The van der Waals surface area contributed by atoms with E-state index in [4.69, 9.17) is 11.6 Å². The number of carbonyl (C=O) groups is 2. The molecule has 4 rings (SSSR count). The zero-order valence-corrected chi connectivity index (χ0v) is 17.7. The van der Waals surface area contributed by atoms with Gasteiger partial charge in [-0.05, 0) is 53.8 Å². The van der Waals surface area contributed by atoms with Crippen LogP contribution in [0, 0.1) is 5.92 Å². The first-order valence-electron chi connectivity index (χ1n) is 9.92. The second-order valence-corrected chi connectivity index (χ2v) is 8.32. The van der Waals surface area contributed by atoms with Gasteiger partial charge in [-0.25, -0.2) is 4.79 Å². The monoisotopic (exact) mass is 456 g/mol. The minimum absolute atomic E-state index is 0.0669. The first-order chi connectivity index (χ1) is 15.1. The van der Waals surface area contributed by atoms with Crippen molar-refractivity contribution in [1.29, 1.82) is 0 Å². The summed E-state index contributed by atoms with van der Waals surface area (Å²) in [6, 6.07) is 14.4. The van der Waals surface area contributed by atoms with E-state index in [-0.39, 0.29) is 23.3 Å². The number of pyridine rings is 1. The Bertz CT molecular complexity index is 1190. The average molecular weight is 457 g/mol. The smallest absolute Gasteiger partial charge is 0.336 e. The molecule has 1 aliphatic carbocycles. The first kappa shape index (κ1) is 21.9. The molecule has 2 atom stereocenters. The van der Waals surface area contributed by atoms with Gasteiger partial charge in [-0.2, -0.15) is 8.78 Å². The van der Waals surface area contributed by atoms with Gasteiger partial charge < -0.3 is 10.4 Å². The summed E-state index contributed by atoms with van der Waals surface area (Å²) >= 11 is 6.02. The molecule has 1 amide bonds. The predicted octanol–water partition coefficient (Wildman–Crippen LogP) is 5.95. The fraction of sp³-hybridized carbons (Fsp3) is 0.208. The molecule has 0 spiro atoms. The molecule has 2 aromatic carbocycles. The van der Waals surface area contributed by atoms with Crippen LogP contribution in [0.25, 0.3) is 11.1 Å². The third-order valence-corrected chi connectivity index (χ3v) is 5.68. The Balaban J connectivity index is 1.52. The normalized spacial score (nSPS) is 17.6. The number of benzene rings is 2. The van der Waals surface area contributed by atoms with E-state index in [9.17, 15) is 23.5 Å². The summed E-state index contributed by atoms with van der Waals surface area (Å²) in [7, 11) is 0. The van der Waals surface area contributed by atoms with Gasteiger partial charge in [-0.15, -0.1) is 0 Å². The molecule has 1 saturated carbocycles. The highest BCUT2D eigenvalue weighted by Gasteiger charge is 2.44. The molecule has 0 radical (unpaired) electrons. The summed E-state index contributed by atoms with van der Waals surface area (Å²) in [4.78, 5) is 28.2. The second kappa shape index (κ2) is 8.31. The van der Waals surface area contributed by atoms with Crippen molar-refractivity contribution in [3.8, 4) is 11.1 Å². The van der Waals surface area contributed by atoms with Gasteiger partial charge in [-0.3, -0.25) is 9.78 Å². The highest BCUT2D eigenvalue weighted by atomic mass is 35.5. The average Bonchev–Trinajstić information content (AvgIpc) is 3.54. The van der Waals surface area contributed by atoms with E-state index in [1.807, 2.05) is 18.2 Å². The lowest BCUT2D eigenvalue weighted by Crippen LogP contribution is -2.15. The molecule has 1 aromatic heterocycles. The van der Waals surface area contributed by atoms with E-state index in [1.165, 1.54) is 30.5 Å². The highest BCUT2D eigenvalue weighted by molar-refractivity contribution is 6.30. The minimum atomic E-state index is -3.09. The van der Waals surface area contributed by atoms with Crippen molar-refractivity contribution in [2.75, 3.05) is 5.32 Å². The van der Waals surface area contributed by atoms with Crippen LogP contribution >= 0.6 is 11.6 Å². The number of nitrogens with zero attached hydrogens (tertiary/aromatic N) is 1. The number of alkyl halides is 2. The second-order valence-electron chi connectivity index (χ2n) is 7.88. The molecule has 0 bridgehead atoms. The Kier molecular flexibility index (Phi) is 5.69. The molecule has 32 heavy (non-hydrogen) atoms. The van der Waals surface area contributed by atoms with Gasteiger partial charge in [0.1, 0.15) is 5.69 Å². The number of aromatic nitrogens is 1. The molecule has 8 heteroatoms. The topological polar surface area (TPSA) is 79.3 Å². The zero-order chi connectivity index (χ0) is 23.0. The summed E-state index contributed by atoms with van der Waals surface area (Å²) in [6.45, 7) is 0.742. The van der Waals surface area contributed by atoms with Crippen molar-refractivity contribution in [3.05, 3.63) is 82.6 Å². The number of halogens is 3. The number of hydrogen-bond acceptors (Lipinski definition) is 3. The summed E-state index contributed by atoms with van der Waals surface area (Å²) in [5.74, 6) is -4.63. The van der Waals surface area contributed by atoms with Gasteiger partial charge >= 0.3 is 5.97 Å². The molecule has 1 heterocycles. The lowest BCUT2D eigenvalue weighted by atomic mass is 9.99. The third kappa shape index (κ3) is 4.62. The molecule has 5 nitrogen and oxygen atoms in total. The molecular weight excluding hydrogens is 438 g/mol. The van der Waals surface area contributed by atoms with E-state index in [0.717, 1.165) is 12.5 Å². The molecule has 0 aliphatic heterocycles. The van der Waals surface area contributed by atoms with Gasteiger partial charge in [0.05, 0.1) is 5.56 Å². The van der Waals surface area contributed by atoms with Crippen molar-refractivity contribution in [3.63, 3.8) is 0 Å². The first-order valence-corrected chi connectivity index (χ1v) is 10.3. The molecule has 1 fully saturated rings. The number of amides is 1. The van der Waals surface area contributed by atoms with Crippen LogP contribution in [0.3, 0.4) is 0 Å². The van der Waals surface area contributed by atoms with Crippen molar-refractivity contribution in [1.82, 2.24) is 4.98 Å². The quantitative estimate of drug-likeness (QED) is 0.480. The number of hydrogen-bond donors (Lipinski definition) is 2. The van der Waals surface area contributed by atoms with Gasteiger partial charge in [0.2, 0.25) is 5.91 Å². The van der Waals surface area contributed by atoms with Crippen molar-refractivity contribution in [2.24, 2.45) is 5.92 Å². The lowest BCUT2D eigenvalue weighted by Gasteiger charge is -2.12. The van der Waals surface area contributed by atoms with Crippen molar-refractivity contribution in [2.45, 2.75) is 25.2 Å². The van der Waals surface area contributed by atoms with Crippen LogP contribution in [0.4, 0.5) is 14.5 Å². The highest BCUT2D eigenvalue weighted by Crippen LogP contribution is 2.48. The van der Waals surface area contributed by atoms with Crippen LogP contribution in [0.1, 0.15) is 40.9 Å². The van der Waals surface area contributed by atoms with Gasteiger partial charge in [0.25, 0.3) is 5.92 Å². The Hall–Kier alpha value is -3.32. The summed E-state index contributed by atoms with van der Waals surface area (Å²) in [5.41, 5.74) is 1.57. The van der Waals surface area contributed by atoms with E-state index in [2.05, 4.69) is 10.3 Å². The molecule has 3 aromatic rings. The molecular formula is C24H19ClF2N2O3. The van der Waals surface area contributed by atoms with Crippen LogP contribution in [-0.2, 0) is 10.7 Å². The van der Waals surface area contributed by atoms with Crippen molar-refractivity contribution >= 4 is 29.2 Å². The maximum atomic E-state index is 13.4. The zero-order valence-electron chi connectivity index (χ0n) is 17.0. The van der Waals surface area contributed by atoms with Crippen LogP contribution in [0.2, 0.25) is 5.02 Å². The van der Waals surface area contributed by atoms with Crippen molar-refractivity contribution < 1.29 is 23.5 Å². The molecule has 0 saturated heterocycles. The molecule has 2 unspecified atom stereocenters. The molecule has 164 valence electrons. The molecule has 2 N–H and O–H groups in total. The Morgan fingerprint density at radius 1 is 1.16 bits per heavy atom. The standard InChI is InChI=1S/C24H19ClF2N2O3/c1-24(26,27)21-8-5-14(12-28-21)17-7-6-16(10-20(17)23(31)32)29-22(30)19-11-18(19)13-3-2-4-15(25)9-13/h2-10,12,18-19H,11H2,1H3,(H,29,30)(H,31,32). The fourth-order valence-electron chi connectivity index (χ4n) is 3.69. The summed E-state index contributed by atoms with van der Waals surface area (Å²) in [6.07, 6.45) is 1.91. The maximum Gasteiger partial charge on any atom is 0.336 e. The van der Waals surface area contributed by atoms with Gasteiger partial charge in [0.15, 0.2) is 0 Å². The van der Waals surface area contributed by atoms with E-state index >= 15 is 0 Å². The number of carboxylic acid groups (broad SMARTS) is 1. The Morgan fingerprint density at radius 3 is 2.56 bits per heavy atom. The third-order valence-electron chi connectivity index (χ3n) is 5.45. The van der Waals surface area contributed by atoms with E-state index in [1.54, 1.807) is 12.1 Å². The van der Waals surface area contributed by atoms with Crippen LogP contribution < -0.4 is 5.32 Å². The van der Waals surface area contributed by atoms with Gasteiger partial charge in [0, 0.05) is 35.3 Å². The van der Waals surface area contributed by atoms with Crippen LogP contribution in [0.15, 0.2) is 60.8 Å². The maximum absolute atomic E-state index is 13.4. The Labute approximate surface area is 188 Å². The van der Waals surface area contributed by atoms with E-state index in [0.29, 0.717) is 28.3 Å². The number of anilines is 1. The summed E-state index contributed by atoms with van der Waals surface area (Å²) in [5, 5.41) is 13.0. The largest absolute Gasteiger partial charge is 0.478 e. The number of aromatic carboxylic acids is 1. The minimum Gasteiger partial charge on any atom is -0.478 e. The van der Waals surface area contributed by atoms with Crippen LogP contribution in [0.5, 0.6) is 0 Å². The van der Waals surface area contributed by atoms with E-state index < -0.39 is 17.6 Å². The number of carboxylic acids is 1. The predicted molar refractivity (Wildman–Crippen MR) is 117 cm³/mol. The SMILES string of the molecule is CC(F)(F)c1ccc(-c2ccc(NC(=O)C3CC3c3cccc(Cl)c3)cc2C(=O)O)cn1. The number of rotatable bonds is 6. The number of carbonyl (C=O) groups excluding carboxylic acids is 1.